The molecule has 1 aromatic carbocycles. The fourth-order valence-corrected chi connectivity index (χ4v) is 4.25. The first-order valence-electron chi connectivity index (χ1n) is 8.44. The van der Waals surface area contributed by atoms with Crippen molar-refractivity contribution in [1.82, 2.24) is 0 Å². The van der Waals surface area contributed by atoms with Crippen LogP contribution in [-0.4, -0.2) is 11.5 Å². The van der Waals surface area contributed by atoms with Crippen LogP contribution in [0, 0.1) is 0 Å². The van der Waals surface area contributed by atoms with E-state index in [1.807, 2.05) is 32.9 Å². The summed E-state index contributed by atoms with van der Waals surface area (Å²) in [5, 5.41) is 3.14. The van der Waals surface area contributed by atoms with Gasteiger partial charge in [-0.25, -0.2) is 0 Å². The van der Waals surface area contributed by atoms with Gasteiger partial charge in [-0.3, -0.25) is 4.79 Å². The Kier molecular flexibility index (Phi) is 3.58. The number of ether oxygens (including phenoxy) is 1. The third-order valence-electron chi connectivity index (χ3n) is 5.45. The zero-order chi connectivity index (χ0) is 17.0. The summed E-state index contributed by atoms with van der Waals surface area (Å²) < 4.78 is 5.85. The van der Waals surface area contributed by atoms with Crippen LogP contribution < -0.4 is 5.32 Å². The molecular formula is C20H27NO2. The van der Waals surface area contributed by atoms with Crippen LogP contribution in [0.5, 0.6) is 0 Å². The number of fused-ring (bicyclic) bond motifs is 1. The van der Waals surface area contributed by atoms with Crippen molar-refractivity contribution in [3.63, 3.8) is 0 Å². The van der Waals surface area contributed by atoms with E-state index < -0.39 is 5.60 Å². The molecule has 3 rings (SSSR count). The molecule has 0 aromatic heterocycles. The van der Waals surface area contributed by atoms with Gasteiger partial charge in [0.05, 0.1) is 5.76 Å². The fraction of sp³-hybridized carbons (Fsp3) is 0.550. The number of amides is 1. The average molecular weight is 313 g/mol. The molecule has 3 heteroatoms. The van der Waals surface area contributed by atoms with Crippen LogP contribution in [0.3, 0.4) is 0 Å². The summed E-state index contributed by atoms with van der Waals surface area (Å²) in [5.74, 6) is 1.27. The number of carbonyl (C=O) groups is 1. The number of benzene rings is 1. The molecule has 0 bridgehead atoms. The van der Waals surface area contributed by atoms with E-state index in [1.54, 1.807) is 0 Å². The molecule has 2 aliphatic rings. The van der Waals surface area contributed by atoms with Gasteiger partial charge in [0.2, 0.25) is 0 Å². The molecule has 23 heavy (non-hydrogen) atoms. The molecule has 0 radical (unpaired) electrons. The van der Waals surface area contributed by atoms with E-state index in [0.29, 0.717) is 12.3 Å². The summed E-state index contributed by atoms with van der Waals surface area (Å²) in [6.45, 7) is 12.6. The third-order valence-corrected chi connectivity index (χ3v) is 5.45. The summed E-state index contributed by atoms with van der Waals surface area (Å²) >= 11 is 0. The number of allylic oxidation sites excluding steroid dienone is 1. The second-order valence-corrected chi connectivity index (χ2v) is 8.06. The van der Waals surface area contributed by atoms with Crippen LogP contribution in [0.4, 0.5) is 5.69 Å². The maximum atomic E-state index is 12.8. The quantitative estimate of drug-likeness (QED) is 0.845. The number of hydrogen-bond donors (Lipinski definition) is 1. The first-order valence-corrected chi connectivity index (χ1v) is 8.44. The number of anilines is 1. The highest BCUT2D eigenvalue weighted by Crippen LogP contribution is 2.48. The lowest BCUT2D eigenvalue weighted by Crippen LogP contribution is -2.40. The Hall–Kier alpha value is -1.77. The lowest BCUT2D eigenvalue weighted by molar-refractivity contribution is -0.132. The Morgan fingerprint density at radius 2 is 1.96 bits per heavy atom. The molecule has 0 saturated heterocycles. The third kappa shape index (κ3) is 2.56. The minimum atomic E-state index is -0.797. The molecule has 2 unspecified atom stereocenters. The van der Waals surface area contributed by atoms with Crippen molar-refractivity contribution in [1.29, 1.82) is 0 Å². The van der Waals surface area contributed by atoms with Crippen LogP contribution in [0.2, 0.25) is 0 Å². The van der Waals surface area contributed by atoms with Crippen molar-refractivity contribution < 1.29 is 9.53 Å². The lowest BCUT2D eigenvalue weighted by Gasteiger charge is -2.25. The van der Waals surface area contributed by atoms with Gasteiger partial charge in [0.15, 0.2) is 5.60 Å². The molecule has 0 spiro atoms. The molecule has 1 N–H and O–H groups in total. The zero-order valence-electron chi connectivity index (χ0n) is 15.0. The van der Waals surface area contributed by atoms with Crippen LogP contribution in [0.1, 0.15) is 71.4 Å². The van der Waals surface area contributed by atoms with Gasteiger partial charge in [0.25, 0.3) is 5.91 Å². The topological polar surface area (TPSA) is 38.3 Å². The Morgan fingerprint density at radius 1 is 1.26 bits per heavy atom. The number of hydrogen-bond acceptors (Lipinski definition) is 2. The van der Waals surface area contributed by atoms with E-state index in [4.69, 9.17) is 4.74 Å². The molecule has 1 aromatic rings. The number of carbonyl (C=O) groups excluding carboxylic acids is 1. The average Bonchev–Trinajstić information content (AvgIpc) is 2.85. The highest BCUT2D eigenvalue weighted by atomic mass is 16.5. The molecule has 2 atom stereocenters. The molecule has 0 saturated carbocycles. The monoisotopic (exact) mass is 313 g/mol. The van der Waals surface area contributed by atoms with Gasteiger partial charge in [0, 0.05) is 12.1 Å². The second kappa shape index (κ2) is 5.12. The van der Waals surface area contributed by atoms with Gasteiger partial charge in [-0.15, -0.1) is 0 Å². The maximum Gasteiger partial charge on any atom is 0.268 e. The molecule has 124 valence electrons. The first-order chi connectivity index (χ1) is 10.6. The van der Waals surface area contributed by atoms with Crippen LogP contribution in [0.25, 0.3) is 0 Å². The van der Waals surface area contributed by atoms with E-state index in [1.165, 1.54) is 11.1 Å². The Bertz CT molecular complexity index is 686. The SMILES string of the molecule is CC1=C(C)OC(C)(C(=O)Nc2cccc3c2C(C)CC3(C)C)C1. The van der Waals surface area contributed by atoms with Crippen molar-refractivity contribution in [2.45, 2.75) is 71.3 Å². The normalized spacial score (nSPS) is 28.5. The van der Waals surface area contributed by atoms with Gasteiger partial charge >= 0.3 is 0 Å². The summed E-state index contributed by atoms with van der Waals surface area (Å²) in [6.07, 6.45) is 1.77. The van der Waals surface area contributed by atoms with Gasteiger partial charge in [-0.05, 0) is 61.3 Å². The number of nitrogens with one attached hydrogen (secondary N) is 1. The highest BCUT2D eigenvalue weighted by molar-refractivity contribution is 5.98. The predicted octanol–water partition coefficient (Wildman–Crippen LogP) is 4.88. The summed E-state index contributed by atoms with van der Waals surface area (Å²) in [6, 6.07) is 6.25. The second-order valence-electron chi connectivity index (χ2n) is 8.06. The van der Waals surface area contributed by atoms with E-state index in [-0.39, 0.29) is 11.3 Å². The van der Waals surface area contributed by atoms with E-state index in [9.17, 15) is 4.79 Å². The van der Waals surface area contributed by atoms with Gasteiger partial charge in [-0.2, -0.15) is 0 Å². The van der Waals surface area contributed by atoms with Gasteiger partial charge in [-0.1, -0.05) is 32.9 Å². The van der Waals surface area contributed by atoms with E-state index >= 15 is 0 Å². The van der Waals surface area contributed by atoms with Crippen molar-refractivity contribution in [2.75, 3.05) is 5.32 Å². The lowest BCUT2D eigenvalue weighted by atomic mass is 9.86. The van der Waals surface area contributed by atoms with Gasteiger partial charge in [0.1, 0.15) is 0 Å². The van der Waals surface area contributed by atoms with Gasteiger partial charge < -0.3 is 10.1 Å². The molecule has 1 amide bonds. The van der Waals surface area contributed by atoms with Crippen LogP contribution in [-0.2, 0) is 14.9 Å². The summed E-state index contributed by atoms with van der Waals surface area (Å²) in [4.78, 5) is 12.8. The summed E-state index contributed by atoms with van der Waals surface area (Å²) in [7, 11) is 0. The predicted molar refractivity (Wildman–Crippen MR) is 93.6 cm³/mol. The van der Waals surface area contributed by atoms with Crippen molar-refractivity contribution in [2.24, 2.45) is 0 Å². The fourth-order valence-electron chi connectivity index (χ4n) is 4.25. The zero-order valence-corrected chi connectivity index (χ0v) is 15.0. The Balaban J connectivity index is 1.88. The highest BCUT2D eigenvalue weighted by Gasteiger charge is 2.42. The van der Waals surface area contributed by atoms with E-state index in [2.05, 4.69) is 32.2 Å². The van der Waals surface area contributed by atoms with Crippen molar-refractivity contribution in [3.05, 3.63) is 40.7 Å². The Labute approximate surface area is 139 Å². The van der Waals surface area contributed by atoms with Crippen molar-refractivity contribution >= 4 is 11.6 Å². The standard InChI is InChI=1S/C20H27NO2/c1-12-11-20(6,23-14(12)3)18(22)21-16-9-7-8-15-17(16)13(2)10-19(15,4)5/h7-9,13H,10-11H2,1-6H3,(H,21,22). The molecule has 1 heterocycles. The van der Waals surface area contributed by atoms with Crippen LogP contribution >= 0.6 is 0 Å². The largest absolute Gasteiger partial charge is 0.482 e. The molecular weight excluding hydrogens is 286 g/mol. The molecule has 0 fully saturated rings. The molecule has 1 aliphatic carbocycles. The Morgan fingerprint density at radius 3 is 2.57 bits per heavy atom. The first kappa shape index (κ1) is 16.1. The smallest absolute Gasteiger partial charge is 0.268 e. The molecule has 3 nitrogen and oxygen atoms in total. The molecule has 1 aliphatic heterocycles. The minimum Gasteiger partial charge on any atom is -0.482 e. The van der Waals surface area contributed by atoms with E-state index in [0.717, 1.165) is 23.4 Å². The maximum absolute atomic E-state index is 12.8. The number of rotatable bonds is 2. The van der Waals surface area contributed by atoms with Crippen molar-refractivity contribution in [3.8, 4) is 0 Å². The summed E-state index contributed by atoms with van der Waals surface area (Å²) in [5.41, 5.74) is 4.10. The minimum absolute atomic E-state index is 0.0565. The van der Waals surface area contributed by atoms with Crippen LogP contribution in [0.15, 0.2) is 29.5 Å².